The number of piperidine rings is 1. The Kier molecular flexibility index (Phi) is 7.00. The lowest BCUT2D eigenvalue weighted by atomic mass is 9.96. The number of hydrogen-bond acceptors (Lipinski definition) is 3. The number of halogens is 1. The number of nitrogens with zero attached hydrogens (tertiary/aromatic N) is 1. The quantitative estimate of drug-likeness (QED) is 0.753. The third-order valence-electron chi connectivity index (χ3n) is 4.14. The average molecular weight is 355 g/mol. The van der Waals surface area contributed by atoms with Crippen molar-refractivity contribution >= 4 is 21.6 Å². The summed E-state index contributed by atoms with van der Waals surface area (Å²) in [6.07, 6.45) is 3.63. The van der Waals surface area contributed by atoms with Gasteiger partial charge in [0.05, 0.1) is 0 Å². The second-order valence-corrected chi connectivity index (χ2v) is 6.75. The number of rotatable bonds is 7. The molecular formula is C17H27BrN2O. The molecule has 4 heteroatoms. The summed E-state index contributed by atoms with van der Waals surface area (Å²) < 4.78 is 6.45. The van der Waals surface area contributed by atoms with Crippen molar-refractivity contribution < 1.29 is 4.74 Å². The molecule has 1 aliphatic rings. The third kappa shape index (κ3) is 4.97. The van der Waals surface area contributed by atoms with Crippen LogP contribution >= 0.6 is 15.9 Å². The van der Waals surface area contributed by atoms with Crippen LogP contribution in [0.4, 0.5) is 5.69 Å². The molecule has 1 N–H and O–H groups in total. The predicted molar refractivity (Wildman–Crippen MR) is 93.0 cm³/mol. The van der Waals surface area contributed by atoms with Crippen LogP contribution in [0.5, 0.6) is 0 Å². The molecule has 1 saturated heterocycles. The molecule has 1 fully saturated rings. The molecule has 1 heterocycles. The second-order valence-electron chi connectivity index (χ2n) is 5.84. The van der Waals surface area contributed by atoms with Gasteiger partial charge < -0.3 is 15.0 Å². The highest BCUT2D eigenvalue weighted by molar-refractivity contribution is 9.10. The first-order valence-electron chi connectivity index (χ1n) is 7.97. The van der Waals surface area contributed by atoms with Gasteiger partial charge in [0.2, 0.25) is 0 Å². The number of ether oxygens (including phenoxy) is 1. The molecule has 1 aliphatic heterocycles. The van der Waals surface area contributed by atoms with E-state index in [1.165, 1.54) is 30.5 Å². The molecule has 0 saturated carbocycles. The fourth-order valence-corrected chi connectivity index (χ4v) is 3.39. The van der Waals surface area contributed by atoms with Crippen LogP contribution in [0.3, 0.4) is 0 Å². The van der Waals surface area contributed by atoms with Crippen molar-refractivity contribution in [2.45, 2.75) is 32.7 Å². The van der Waals surface area contributed by atoms with Crippen LogP contribution < -0.4 is 10.2 Å². The van der Waals surface area contributed by atoms with E-state index in [1.807, 2.05) is 0 Å². The highest BCUT2D eigenvalue weighted by atomic mass is 79.9. The van der Waals surface area contributed by atoms with E-state index in [1.54, 1.807) is 7.11 Å². The summed E-state index contributed by atoms with van der Waals surface area (Å²) in [4.78, 5) is 2.53. The van der Waals surface area contributed by atoms with Crippen molar-refractivity contribution in [1.82, 2.24) is 5.32 Å². The molecule has 21 heavy (non-hydrogen) atoms. The lowest BCUT2D eigenvalue weighted by molar-refractivity contribution is 0.139. The summed E-state index contributed by atoms with van der Waals surface area (Å²) in [5.74, 6) is 0.725. The highest BCUT2D eigenvalue weighted by Gasteiger charge is 2.20. The lowest BCUT2D eigenvalue weighted by Crippen LogP contribution is -2.35. The minimum absolute atomic E-state index is 0.725. The summed E-state index contributed by atoms with van der Waals surface area (Å²) in [5.41, 5.74) is 2.78. The minimum atomic E-state index is 0.725. The van der Waals surface area contributed by atoms with Crippen LogP contribution in [0.1, 0.15) is 31.7 Å². The van der Waals surface area contributed by atoms with E-state index in [2.05, 4.69) is 51.3 Å². The smallest absolute Gasteiger partial charge is 0.0491 e. The molecule has 2 rings (SSSR count). The van der Waals surface area contributed by atoms with Crippen LogP contribution in [0.2, 0.25) is 0 Å². The van der Waals surface area contributed by atoms with E-state index >= 15 is 0 Å². The van der Waals surface area contributed by atoms with Gasteiger partial charge >= 0.3 is 0 Å². The summed E-state index contributed by atoms with van der Waals surface area (Å²) >= 11 is 3.60. The first kappa shape index (κ1) is 16.8. The molecule has 0 amide bonds. The van der Waals surface area contributed by atoms with Crippen molar-refractivity contribution in [3.05, 3.63) is 28.2 Å². The Morgan fingerprint density at radius 3 is 2.76 bits per heavy atom. The van der Waals surface area contributed by atoms with Gasteiger partial charge in [-0.05, 0) is 55.5 Å². The van der Waals surface area contributed by atoms with E-state index in [0.717, 1.165) is 43.2 Å². The van der Waals surface area contributed by atoms with Gasteiger partial charge in [0.25, 0.3) is 0 Å². The van der Waals surface area contributed by atoms with Gasteiger partial charge in [-0.2, -0.15) is 0 Å². The number of methoxy groups -OCH3 is 1. The maximum atomic E-state index is 5.29. The van der Waals surface area contributed by atoms with Crippen LogP contribution in [-0.4, -0.2) is 33.4 Å². The largest absolute Gasteiger partial charge is 0.384 e. The van der Waals surface area contributed by atoms with Gasteiger partial charge in [0.15, 0.2) is 0 Å². The molecule has 0 atom stereocenters. The Morgan fingerprint density at radius 1 is 1.33 bits per heavy atom. The molecule has 0 bridgehead atoms. The molecule has 0 aliphatic carbocycles. The van der Waals surface area contributed by atoms with Crippen LogP contribution in [0.15, 0.2) is 22.7 Å². The Hall–Kier alpha value is -0.580. The van der Waals surface area contributed by atoms with Crippen molar-refractivity contribution in [3.63, 3.8) is 0 Å². The number of hydrogen-bond donors (Lipinski definition) is 1. The summed E-state index contributed by atoms with van der Waals surface area (Å²) in [6.45, 7) is 7.39. The van der Waals surface area contributed by atoms with Crippen LogP contribution in [0.25, 0.3) is 0 Å². The van der Waals surface area contributed by atoms with Crippen LogP contribution in [-0.2, 0) is 11.3 Å². The molecule has 0 spiro atoms. The molecule has 1 aromatic carbocycles. The maximum Gasteiger partial charge on any atom is 0.0491 e. The van der Waals surface area contributed by atoms with Crippen molar-refractivity contribution in [2.24, 2.45) is 5.92 Å². The number of benzene rings is 1. The fourth-order valence-electron chi connectivity index (χ4n) is 2.98. The first-order valence-corrected chi connectivity index (χ1v) is 8.77. The zero-order chi connectivity index (χ0) is 15.1. The number of anilines is 1. The third-order valence-corrected chi connectivity index (χ3v) is 4.63. The predicted octanol–water partition coefficient (Wildman–Crippen LogP) is 3.81. The van der Waals surface area contributed by atoms with Gasteiger partial charge in [0.1, 0.15) is 0 Å². The zero-order valence-corrected chi connectivity index (χ0v) is 14.8. The van der Waals surface area contributed by atoms with Gasteiger partial charge in [0, 0.05) is 43.5 Å². The number of nitrogens with one attached hydrogen (secondary N) is 1. The molecule has 0 aromatic heterocycles. The van der Waals surface area contributed by atoms with E-state index < -0.39 is 0 Å². The zero-order valence-electron chi connectivity index (χ0n) is 13.2. The van der Waals surface area contributed by atoms with Crippen molar-refractivity contribution in [2.75, 3.05) is 38.3 Å². The first-order chi connectivity index (χ1) is 10.2. The normalized spacial score (nSPS) is 16.4. The maximum absolute atomic E-state index is 5.29. The molecule has 1 aromatic rings. The van der Waals surface area contributed by atoms with Crippen LogP contribution in [0, 0.1) is 5.92 Å². The van der Waals surface area contributed by atoms with Gasteiger partial charge in [-0.3, -0.25) is 0 Å². The molecule has 118 valence electrons. The summed E-state index contributed by atoms with van der Waals surface area (Å²) in [5, 5.41) is 3.52. The topological polar surface area (TPSA) is 24.5 Å². The molecular weight excluding hydrogens is 328 g/mol. The lowest BCUT2D eigenvalue weighted by Gasteiger charge is -2.34. The Bertz CT molecular complexity index is 431. The second kappa shape index (κ2) is 8.76. The SMILES string of the molecule is CCCNCc1cc(Br)ccc1N1CCC(COC)CC1. The fraction of sp³-hybridized carbons (Fsp3) is 0.647. The minimum Gasteiger partial charge on any atom is -0.384 e. The Morgan fingerprint density at radius 2 is 2.10 bits per heavy atom. The Balaban J connectivity index is 2.01. The highest BCUT2D eigenvalue weighted by Crippen LogP contribution is 2.28. The average Bonchev–Trinajstić information content (AvgIpc) is 2.49. The molecule has 0 radical (unpaired) electrons. The summed E-state index contributed by atoms with van der Waals surface area (Å²) in [7, 11) is 1.80. The van der Waals surface area contributed by atoms with Crippen molar-refractivity contribution in [1.29, 1.82) is 0 Å². The van der Waals surface area contributed by atoms with Gasteiger partial charge in [-0.1, -0.05) is 22.9 Å². The van der Waals surface area contributed by atoms with Gasteiger partial charge in [-0.25, -0.2) is 0 Å². The van der Waals surface area contributed by atoms with E-state index in [4.69, 9.17) is 4.74 Å². The molecule has 0 unspecified atom stereocenters. The van der Waals surface area contributed by atoms with Gasteiger partial charge in [-0.15, -0.1) is 0 Å². The van der Waals surface area contributed by atoms with E-state index in [-0.39, 0.29) is 0 Å². The standard InChI is InChI=1S/C17H27BrN2O/c1-3-8-19-12-15-11-16(18)4-5-17(15)20-9-6-14(7-10-20)13-21-2/h4-5,11,14,19H,3,6-10,12-13H2,1-2H3. The van der Waals surface area contributed by atoms with E-state index in [0.29, 0.717) is 0 Å². The van der Waals surface area contributed by atoms with Crippen molar-refractivity contribution in [3.8, 4) is 0 Å². The Labute approximate surface area is 137 Å². The summed E-state index contributed by atoms with van der Waals surface area (Å²) in [6, 6.07) is 6.66. The molecule has 3 nitrogen and oxygen atoms in total. The van der Waals surface area contributed by atoms with E-state index in [9.17, 15) is 0 Å². The monoisotopic (exact) mass is 354 g/mol.